The molecule has 2 aliphatic heterocycles. The van der Waals surface area contributed by atoms with Gasteiger partial charge in [0.2, 0.25) is 5.95 Å². The molecule has 1 N–H and O–H groups in total. The number of aromatic nitrogens is 2. The summed E-state index contributed by atoms with van der Waals surface area (Å²) < 4.78 is 5.72. The van der Waals surface area contributed by atoms with Crippen molar-refractivity contribution in [3.05, 3.63) is 52.3 Å². The maximum absolute atomic E-state index is 12.4. The molecule has 27 heavy (non-hydrogen) atoms. The Morgan fingerprint density at radius 2 is 2.00 bits per heavy atom. The zero-order valence-electron chi connectivity index (χ0n) is 16.1. The van der Waals surface area contributed by atoms with Crippen molar-refractivity contribution >= 4 is 11.8 Å². The van der Waals surface area contributed by atoms with Crippen LogP contribution in [0.2, 0.25) is 0 Å². The lowest BCUT2D eigenvalue weighted by molar-refractivity contribution is 0.0281. The first kappa shape index (κ1) is 18.0. The van der Waals surface area contributed by atoms with Crippen LogP contribution in [0, 0.1) is 0 Å². The predicted molar refractivity (Wildman–Crippen MR) is 108 cm³/mol. The first-order chi connectivity index (χ1) is 13.1. The molecule has 2 fully saturated rings. The van der Waals surface area contributed by atoms with Crippen LogP contribution in [-0.2, 0) is 11.2 Å². The van der Waals surface area contributed by atoms with Gasteiger partial charge >= 0.3 is 0 Å². The molecule has 4 rings (SSSR count). The lowest BCUT2D eigenvalue weighted by atomic mass is 10.0. The SMILES string of the molecule is C[C@@H]1OCCN(c2cc(=O)[nH]c(N3CCC[C@H]3Cc3ccccc3)n2)[C@@H]1C. The van der Waals surface area contributed by atoms with E-state index >= 15 is 0 Å². The van der Waals surface area contributed by atoms with Gasteiger partial charge in [-0.3, -0.25) is 9.78 Å². The van der Waals surface area contributed by atoms with E-state index in [0.29, 0.717) is 18.6 Å². The second-order valence-electron chi connectivity index (χ2n) is 7.62. The molecule has 144 valence electrons. The van der Waals surface area contributed by atoms with Gasteiger partial charge in [0.15, 0.2) is 0 Å². The van der Waals surface area contributed by atoms with E-state index in [1.165, 1.54) is 5.56 Å². The monoisotopic (exact) mass is 368 g/mol. The number of aromatic amines is 1. The zero-order valence-corrected chi connectivity index (χ0v) is 16.1. The highest BCUT2D eigenvalue weighted by Gasteiger charge is 2.30. The average Bonchev–Trinajstić information content (AvgIpc) is 3.12. The number of anilines is 2. The number of H-pyrrole nitrogens is 1. The van der Waals surface area contributed by atoms with Crippen LogP contribution in [0.1, 0.15) is 32.3 Å². The molecule has 6 heteroatoms. The molecule has 0 amide bonds. The largest absolute Gasteiger partial charge is 0.375 e. The summed E-state index contributed by atoms with van der Waals surface area (Å²) in [5.74, 6) is 1.45. The molecule has 0 bridgehead atoms. The van der Waals surface area contributed by atoms with Crippen molar-refractivity contribution in [3.63, 3.8) is 0 Å². The van der Waals surface area contributed by atoms with E-state index in [1.807, 2.05) is 6.07 Å². The molecule has 0 aliphatic carbocycles. The molecule has 0 radical (unpaired) electrons. The second kappa shape index (κ2) is 7.72. The number of nitrogens with zero attached hydrogens (tertiary/aromatic N) is 3. The van der Waals surface area contributed by atoms with Crippen LogP contribution in [0.3, 0.4) is 0 Å². The Morgan fingerprint density at radius 3 is 2.81 bits per heavy atom. The van der Waals surface area contributed by atoms with Crippen LogP contribution in [0.15, 0.2) is 41.2 Å². The fourth-order valence-corrected chi connectivity index (χ4v) is 4.18. The van der Waals surface area contributed by atoms with Gasteiger partial charge in [0.1, 0.15) is 5.82 Å². The molecule has 0 saturated carbocycles. The first-order valence-electron chi connectivity index (χ1n) is 9.92. The molecule has 1 aromatic heterocycles. The number of benzene rings is 1. The Hall–Kier alpha value is -2.34. The van der Waals surface area contributed by atoms with Crippen LogP contribution in [0.25, 0.3) is 0 Å². The van der Waals surface area contributed by atoms with Crippen molar-refractivity contribution in [1.29, 1.82) is 0 Å². The van der Waals surface area contributed by atoms with Gasteiger partial charge in [0.25, 0.3) is 5.56 Å². The summed E-state index contributed by atoms with van der Waals surface area (Å²) >= 11 is 0. The molecule has 2 aliphatic rings. The fourth-order valence-electron chi connectivity index (χ4n) is 4.18. The van der Waals surface area contributed by atoms with Crippen LogP contribution in [-0.4, -0.2) is 47.9 Å². The summed E-state index contributed by atoms with van der Waals surface area (Å²) in [7, 11) is 0. The number of hydrogen-bond donors (Lipinski definition) is 1. The first-order valence-corrected chi connectivity index (χ1v) is 9.92. The highest BCUT2D eigenvalue weighted by molar-refractivity contribution is 5.46. The summed E-state index contributed by atoms with van der Waals surface area (Å²) in [4.78, 5) is 24.7. The van der Waals surface area contributed by atoms with Gasteiger partial charge in [-0.2, -0.15) is 4.98 Å². The lowest BCUT2D eigenvalue weighted by Gasteiger charge is -2.38. The predicted octanol–water partition coefficient (Wildman–Crippen LogP) is 2.59. The van der Waals surface area contributed by atoms with Crippen LogP contribution < -0.4 is 15.4 Å². The molecule has 0 spiro atoms. The van der Waals surface area contributed by atoms with Crippen molar-refractivity contribution in [1.82, 2.24) is 9.97 Å². The summed E-state index contributed by atoms with van der Waals surface area (Å²) in [6.45, 7) is 6.55. The van der Waals surface area contributed by atoms with Crippen molar-refractivity contribution in [2.24, 2.45) is 0 Å². The third-order valence-electron chi connectivity index (χ3n) is 5.86. The molecule has 3 heterocycles. The van der Waals surface area contributed by atoms with Gasteiger partial charge in [0.05, 0.1) is 18.8 Å². The van der Waals surface area contributed by atoms with E-state index in [2.05, 4.69) is 52.9 Å². The number of ether oxygens (including phenoxy) is 1. The van der Waals surface area contributed by atoms with E-state index in [1.54, 1.807) is 6.07 Å². The van der Waals surface area contributed by atoms with Crippen LogP contribution >= 0.6 is 0 Å². The molecule has 2 saturated heterocycles. The summed E-state index contributed by atoms with van der Waals surface area (Å²) in [5, 5.41) is 0. The number of hydrogen-bond acceptors (Lipinski definition) is 5. The summed E-state index contributed by atoms with van der Waals surface area (Å²) in [5.41, 5.74) is 1.23. The maximum atomic E-state index is 12.4. The highest BCUT2D eigenvalue weighted by Crippen LogP contribution is 2.27. The van der Waals surface area contributed by atoms with Crippen molar-refractivity contribution < 1.29 is 4.74 Å². The Balaban J connectivity index is 1.59. The smallest absolute Gasteiger partial charge is 0.254 e. The summed E-state index contributed by atoms with van der Waals surface area (Å²) in [6.07, 6.45) is 3.34. The van der Waals surface area contributed by atoms with E-state index in [0.717, 1.165) is 38.2 Å². The van der Waals surface area contributed by atoms with Crippen LogP contribution in [0.5, 0.6) is 0 Å². The number of nitrogens with one attached hydrogen (secondary N) is 1. The van der Waals surface area contributed by atoms with Gasteiger partial charge < -0.3 is 14.5 Å². The fraction of sp³-hybridized carbons (Fsp3) is 0.524. The molecule has 3 atom stereocenters. The summed E-state index contributed by atoms with van der Waals surface area (Å²) in [6, 6.07) is 12.7. The Morgan fingerprint density at radius 1 is 1.19 bits per heavy atom. The number of rotatable bonds is 4. The van der Waals surface area contributed by atoms with Crippen molar-refractivity contribution in [3.8, 4) is 0 Å². The quantitative estimate of drug-likeness (QED) is 0.899. The molecule has 6 nitrogen and oxygen atoms in total. The lowest BCUT2D eigenvalue weighted by Crippen LogP contribution is -2.49. The highest BCUT2D eigenvalue weighted by atomic mass is 16.5. The van der Waals surface area contributed by atoms with Gasteiger partial charge in [-0.15, -0.1) is 0 Å². The maximum Gasteiger partial charge on any atom is 0.254 e. The zero-order chi connectivity index (χ0) is 18.8. The minimum Gasteiger partial charge on any atom is -0.375 e. The standard InChI is InChI=1S/C21H28N4O2/c1-15-16(2)27-12-11-24(15)19-14-20(26)23-21(22-19)25-10-6-9-18(25)13-17-7-4-3-5-8-17/h3-5,7-8,14-16,18H,6,9-13H2,1-2H3,(H,22,23,26)/t15-,16+,18+/m1/s1. The van der Waals surface area contributed by atoms with Gasteiger partial charge in [-0.1, -0.05) is 30.3 Å². The topological polar surface area (TPSA) is 61.5 Å². The van der Waals surface area contributed by atoms with E-state index in [9.17, 15) is 4.79 Å². The Bertz CT molecular complexity index is 822. The Labute approximate surface area is 160 Å². The Kier molecular flexibility index (Phi) is 5.16. The van der Waals surface area contributed by atoms with Gasteiger partial charge in [-0.05, 0) is 38.7 Å². The van der Waals surface area contributed by atoms with Gasteiger partial charge in [-0.25, -0.2) is 0 Å². The van der Waals surface area contributed by atoms with Crippen LogP contribution in [0.4, 0.5) is 11.8 Å². The van der Waals surface area contributed by atoms with Crippen molar-refractivity contribution in [2.75, 3.05) is 29.5 Å². The molecule has 1 aromatic carbocycles. The minimum absolute atomic E-state index is 0.0910. The van der Waals surface area contributed by atoms with E-state index in [-0.39, 0.29) is 17.7 Å². The van der Waals surface area contributed by atoms with E-state index in [4.69, 9.17) is 9.72 Å². The number of morpholine rings is 1. The average molecular weight is 368 g/mol. The van der Waals surface area contributed by atoms with Gasteiger partial charge in [0, 0.05) is 25.2 Å². The third kappa shape index (κ3) is 3.86. The normalized spacial score (nSPS) is 25.8. The molecular formula is C21H28N4O2. The van der Waals surface area contributed by atoms with Crippen molar-refractivity contribution in [2.45, 2.75) is 51.3 Å². The molecular weight excluding hydrogens is 340 g/mol. The third-order valence-corrected chi connectivity index (χ3v) is 5.86. The molecule has 0 unspecified atom stereocenters. The van der Waals surface area contributed by atoms with E-state index < -0.39 is 0 Å². The second-order valence-corrected chi connectivity index (χ2v) is 7.62. The minimum atomic E-state index is -0.0910. The molecule has 2 aromatic rings.